The highest BCUT2D eigenvalue weighted by atomic mass is 15.3. The van der Waals surface area contributed by atoms with E-state index in [1.807, 2.05) is 11.7 Å². The van der Waals surface area contributed by atoms with Crippen LogP contribution in [0.2, 0.25) is 0 Å². The molecule has 1 N–H and O–H groups in total. The number of aromatic nitrogens is 2. The van der Waals surface area contributed by atoms with Crippen LogP contribution < -0.4 is 5.32 Å². The number of aryl methyl sites for hydroxylation is 2. The summed E-state index contributed by atoms with van der Waals surface area (Å²) in [5, 5.41) is 8.06. The van der Waals surface area contributed by atoms with E-state index in [0.29, 0.717) is 6.04 Å². The van der Waals surface area contributed by atoms with Gasteiger partial charge in [0.25, 0.3) is 0 Å². The second kappa shape index (κ2) is 6.06. The van der Waals surface area contributed by atoms with Crippen molar-refractivity contribution in [2.75, 3.05) is 19.6 Å². The molecular weight excluding hydrogens is 236 g/mol. The minimum absolute atomic E-state index is 0.594. The van der Waals surface area contributed by atoms with Gasteiger partial charge in [-0.05, 0) is 39.3 Å². The smallest absolute Gasteiger partial charge is 0.0641 e. The number of hydrogen-bond acceptors (Lipinski definition) is 3. The highest BCUT2D eigenvalue weighted by molar-refractivity contribution is 5.24. The Bertz CT molecular complexity index is 422. The Morgan fingerprint density at radius 2 is 2.11 bits per heavy atom. The van der Waals surface area contributed by atoms with Crippen LogP contribution in [0.4, 0.5) is 0 Å². The van der Waals surface area contributed by atoms with Crippen LogP contribution in [0.5, 0.6) is 0 Å². The largest absolute Gasteiger partial charge is 0.314 e. The van der Waals surface area contributed by atoms with Crippen molar-refractivity contribution < 1.29 is 0 Å². The molecular formula is C15H28N4. The molecule has 0 spiro atoms. The van der Waals surface area contributed by atoms with Crippen LogP contribution in [0.15, 0.2) is 0 Å². The van der Waals surface area contributed by atoms with Crippen molar-refractivity contribution in [1.29, 1.82) is 0 Å². The summed E-state index contributed by atoms with van der Waals surface area (Å²) in [6, 6.07) is 0.594. The van der Waals surface area contributed by atoms with Crippen molar-refractivity contribution >= 4 is 0 Å². The van der Waals surface area contributed by atoms with Crippen LogP contribution in [-0.4, -0.2) is 40.4 Å². The zero-order valence-electron chi connectivity index (χ0n) is 13.0. The Labute approximate surface area is 117 Å². The van der Waals surface area contributed by atoms with Gasteiger partial charge in [-0.15, -0.1) is 0 Å². The average Bonchev–Trinajstić information content (AvgIpc) is 2.88. The fraction of sp³-hybridized carbons (Fsp3) is 0.800. The summed E-state index contributed by atoms with van der Waals surface area (Å²) in [7, 11) is 2.03. The van der Waals surface area contributed by atoms with Gasteiger partial charge in [0, 0.05) is 37.4 Å². The molecule has 0 saturated carbocycles. The highest BCUT2D eigenvalue weighted by Crippen LogP contribution is 2.21. The highest BCUT2D eigenvalue weighted by Gasteiger charge is 2.24. The number of rotatable bonds is 5. The van der Waals surface area contributed by atoms with E-state index in [-0.39, 0.29) is 0 Å². The molecule has 1 fully saturated rings. The van der Waals surface area contributed by atoms with Gasteiger partial charge < -0.3 is 5.32 Å². The Hall–Kier alpha value is -0.870. The van der Waals surface area contributed by atoms with Gasteiger partial charge in [-0.1, -0.05) is 13.8 Å². The van der Waals surface area contributed by atoms with Crippen LogP contribution >= 0.6 is 0 Å². The Morgan fingerprint density at radius 1 is 1.37 bits per heavy atom. The molecule has 1 aromatic heterocycles. The molecule has 1 atom stereocenters. The molecule has 0 amide bonds. The van der Waals surface area contributed by atoms with Crippen molar-refractivity contribution in [2.24, 2.45) is 13.0 Å². The van der Waals surface area contributed by atoms with Crippen LogP contribution in [0.3, 0.4) is 0 Å². The topological polar surface area (TPSA) is 33.1 Å². The molecule has 1 saturated heterocycles. The second-order valence-electron chi connectivity index (χ2n) is 6.23. The first-order valence-electron chi connectivity index (χ1n) is 7.42. The van der Waals surface area contributed by atoms with Crippen LogP contribution in [-0.2, 0) is 13.6 Å². The molecule has 2 heterocycles. The monoisotopic (exact) mass is 264 g/mol. The number of hydrogen-bond donors (Lipinski definition) is 1. The minimum atomic E-state index is 0.594. The molecule has 108 valence electrons. The predicted octanol–water partition coefficient (Wildman–Crippen LogP) is 1.86. The van der Waals surface area contributed by atoms with Crippen LogP contribution in [0.1, 0.15) is 37.2 Å². The summed E-state index contributed by atoms with van der Waals surface area (Å²) in [4.78, 5) is 2.57. The average molecular weight is 264 g/mol. The van der Waals surface area contributed by atoms with Crippen LogP contribution in [0.25, 0.3) is 0 Å². The van der Waals surface area contributed by atoms with E-state index in [0.717, 1.165) is 19.0 Å². The van der Waals surface area contributed by atoms with Gasteiger partial charge >= 0.3 is 0 Å². The fourth-order valence-corrected chi connectivity index (χ4v) is 2.90. The Morgan fingerprint density at radius 3 is 2.68 bits per heavy atom. The van der Waals surface area contributed by atoms with Crippen LogP contribution in [0, 0.1) is 19.8 Å². The van der Waals surface area contributed by atoms with Crippen molar-refractivity contribution in [2.45, 2.75) is 46.7 Å². The standard InChI is InChI=1S/C15H28N4/c1-11(2)16-8-14-6-7-19(9-14)10-15-12(3)17-18(5)13(15)4/h11,14,16H,6-10H2,1-5H3. The fourth-order valence-electron chi connectivity index (χ4n) is 2.90. The normalized spacial score (nSPS) is 20.6. The minimum Gasteiger partial charge on any atom is -0.314 e. The summed E-state index contributed by atoms with van der Waals surface area (Å²) >= 11 is 0. The molecule has 1 aromatic rings. The summed E-state index contributed by atoms with van der Waals surface area (Å²) in [6.07, 6.45) is 1.32. The molecule has 1 aliphatic rings. The molecule has 1 aliphatic heterocycles. The third kappa shape index (κ3) is 3.57. The Balaban J connectivity index is 1.88. The molecule has 0 aromatic carbocycles. The van der Waals surface area contributed by atoms with E-state index in [1.54, 1.807) is 0 Å². The molecule has 4 nitrogen and oxygen atoms in total. The Kier molecular flexibility index (Phi) is 4.63. The molecule has 1 unspecified atom stereocenters. The maximum atomic E-state index is 4.51. The quantitative estimate of drug-likeness (QED) is 0.881. The zero-order chi connectivity index (χ0) is 14.0. The molecule has 0 aliphatic carbocycles. The SMILES string of the molecule is Cc1nn(C)c(C)c1CN1CCC(CNC(C)C)C1. The summed E-state index contributed by atoms with van der Waals surface area (Å²) in [5.74, 6) is 0.805. The molecule has 0 radical (unpaired) electrons. The lowest BCUT2D eigenvalue weighted by Crippen LogP contribution is -2.30. The summed E-state index contributed by atoms with van der Waals surface area (Å²) in [5.41, 5.74) is 3.91. The predicted molar refractivity (Wildman–Crippen MR) is 79.2 cm³/mol. The van der Waals surface area contributed by atoms with E-state index in [1.165, 1.54) is 36.5 Å². The van der Waals surface area contributed by atoms with Gasteiger partial charge in [-0.3, -0.25) is 9.58 Å². The van der Waals surface area contributed by atoms with E-state index in [4.69, 9.17) is 0 Å². The number of nitrogens with zero attached hydrogens (tertiary/aromatic N) is 3. The number of likely N-dealkylation sites (tertiary alicyclic amines) is 1. The van der Waals surface area contributed by atoms with Crippen molar-refractivity contribution in [1.82, 2.24) is 20.0 Å². The lowest BCUT2D eigenvalue weighted by Gasteiger charge is -2.17. The lowest BCUT2D eigenvalue weighted by atomic mass is 10.1. The third-order valence-electron chi connectivity index (χ3n) is 4.23. The zero-order valence-corrected chi connectivity index (χ0v) is 13.0. The molecule has 2 rings (SSSR count). The first-order valence-corrected chi connectivity index (χ1v) is 7.42. The molecule has 4 heteroatoms. The van der Waals surface area contributed by atoms with Gasteiger partial charge in [-0.2, -0.15) is 5.10 Å². The van der Waals surface area contributed by atoms with Crippen molar-refractivity contribution in [3.8, 4) is 0 Å². The van der Waals surface area contributed by atoms with Gasteiger partial charge in [-0.25, -0.2) is 0 Å². The van der Waals surface area contributed by atoms with E-state index >= 15 is 0 Å². The van der Waals surface area contributed by atoms with Gasteiger partial charge in [0.2, 0.25) is 0 Å². The van der Waals surface area contributed by atoms with E-state index in [2.05, 4.69) is 43.0 Å². The summed E-state index contributed by atoms with van der Waals surface area (Å²) < 4.78 is 2.00. The van der Waals surface area contributed by atoms with E-state index < -0.39 is 0 Å². The van der Waals surface area contributed by atoms with Crippen molar-refractivity contribution in [3.05, 3.63) is 17.0 Å². The van der Waals surface area contributed by atoms with Crippen molar-refractivity contribution in [3.63, 3.8) is 0 Å². The van der Waals surface area contributed by atoms with E-state index in [9.17, 15) is 0 Å². The second-order valence-corrected chi connectivity index (χ2v) is 6.23. The first-order chi connectivity index (χ1) is 8.97. The maximum absolute atomic E-state index is 4.51. The maximum Gasteiger partial charge on any atom is 0.0641 e. The van der Waals surface area contributed by atoms with Gasteiger partial charge in [0.15, 0.2) is 0 Å². The molecule has 19 heavy (non-hydrogen) atoms. The van der Waals surface area contributed by atoms with Gasteiger partial charge in [0.05, 0.1) is 5.69 Å². The number of nitrogens with one attached hydrogen (secondary N) is 1. The summed E-state index contributed by atoms with van der Waals surface area (Å²) in [6.45, 7) is 13.4. The first kappa shape index (κ1) is 14.5. The molecule has 0 bridgehead atoms. The third-order valence-corrected chi connectivity index (χ3v) is 4.23. The lowest BCUT2D eigenvalue weighted by molar-refractivity contribution is 0.311. The van der Waals surface area contributed by atoms with Gasteiger partial charge in [0.1, 0.15) is 0 Å².